The smallest absolute Gasteiger partial charge is 0.416 e. The van der Waals surface area contributed by atoms with E-state index >= 15 is 0 Å². The highest BCUT2D eigenvalue weighted by Gasteiger charge is 2.31. The Hall–Kier alpha value is -2.34. The number of nitrogens with zero attached hydrogens (tertiary/aromatic N) is 2. The second-order valence-electron chi connectivity index (χ2n) is 4.44. The van der Waals surface area contributed by atoms with Crippen LogP contribution in [0.15, 0.2) is 48.7 Å². The standard InChI is InChI=1S/C15H8ClF3N2O/c16-11-3-1-2-9-4-5-12(21-14(9)11)22-13-8-10(6-7-20-13)15(17,18)19/h1-8H. The molecule has 22 heavy (non-hydrogen) atoms. The average Bonchev–Trinajstić information content (AvgIpc) is 2.48. The molecule has 0 amide bonds. The molecule has 0 spiro atoms. The Bertz CT molecular complexity index is 836. The first-order chi connectivity index (χ1) is 10.4. The number of rotatable bonds is 2. The number of alkyl halides is 3. The van der Waals surface area contributed by atoms with Gasteiger partial charge in [0.25, 0.3) is 0 Å². The van der Waals surface area contributed by atoms with E-state index in [9.17, 15) is 13.2 Å². The molecule has 0 N–H and O–H groups in total. The molecule has 0 bridgehead atoms. The van der Waals surface area contributed by atoms with Crippen molar-refractivity contribution in [3.05, 3.63) is 59.2 Å². The van der Waals surface area contributed by atoms with Crippen molar-refractivity contribution in [3.63, 3.8) is 0 Å². The number of pyridine rings is 2. The monoisotopic (exact) mass is 324 g/mol. The summed E-state index contributed by atoms with van der Waals surface area (Å²) in [6.07, 6.45) is -3.42. The molecule has 3 rings (SSSR count). The van der Waals surface area contributed by atoms with Gasteiger partial charge >= 0.3 is 6.18 Å². The van der Waals surface area contributed by atoms with Crippen LogP contribution in [-0.4, -0.2) is 9.97 Å². The summed E-state index contributed by atoms with van der Waals surface area (Å²) in [5.41, 5.74) is -0.329. The van der Waals surface area contributed by atoms with Crippen molar-refractivity contribution in [2.24, 2.45) is 0 Å². The van der Waals surface area contributed by atoms with E-state index in [1.165, 1.54) is 0 Å². The average molecular weight is 325 g/mol. The molecule has 0 radical (unpaired) electrons. The Labute approximate surface area is 128 Å². The van der Waals surface area contributed by atoms with Crippen LogP contribution in [0.3, 0.4) is 0 Å². The summed E-state index contributed by atoms with van der Waals surface area (Å²) >= 11 is 6.03. The number of aromatic nitrogens is 2. The summed E-state index contributed by atoms with van der Waals surface area (Å²) in [5, 5.41) is 1.23. The molecule has 0 atom stereocenters. The third-order valence-electron chi connectivity index (χ3n) is 2.92. The molecule has 2 heterocycles. The molecule has 0 aliphatic carbocycles. The Balaban J connectivity index is 1.95. The quantitative estimate of drug-likeness (QED) is 0.658. The number of ether oxygens (including phenoxy) is 1. The highest BCUT2D eigenvalue weighted by atomic mass is 35.5. The Morgan fingerprint density at radius 1 is 1.00 bits per heavy atom. The minimum absolute atomic E-state index is 0.118. The summed E-state index contributed by atoms with van der Waals surface area (Å²) < 4.78 is 43.3. The van der Waals surface area contributed by atoms with Gasteiger partial charge in [0.2, 0.25) is 11.8 Å². The summed E-state index contributed by atoms with van der Waals surface area (Å²) in [6, 6.07) is 10.2. The molecule has 3 aromatic rings. The molecule has 1 aromatic carbocycles. The first kappa shape index (κ1) is 14.6. The maximum absolute atomic E-state index is 12.7. The second-order valence-corrected chi connectivity index (χ2v) is 4.85. The fourth-order valence-electron chi connectivity index (χ4n) is 1.90. The van der Waals surface area contributed by atoms with Gasteiger partial charge in [-0.1, -0.05) is 23.7 Å². The zero-order chi connectivity index (χ0) is 15.7. The third-order valence-corrected chi connectivity index (χ3v) is 3.22. The van der Waals surface area contributed by atoms with E-state index in [1.807, 2.05) is 6.07 Å². The molecule has 0 aliphatic heterocycles. The zero-order valence-electron chi connectivity index (χ0n) is 10.9. The van der Waals surface area contributed by atoms with E-state index in [2.05, 4.69) is 9.97 Å². The molecule has 3 nitrogen and oxygen atoms in total. The molecule has 0 fully saturated rings. The fourth-order valence-corrected chi connectivity index (χ4v) is 2.12. The number of benzene rings is 1. The lowest BCUT2D eigenvalue weighted by Crippen LogP contribution is -2.05. The van der Waals surface area contributed by atoms with Crippen LogP contribution in [0.4, 0.5) is 13.2 Å². The molecule has 0 unspecified atom stereocenters. The molecule has 7 heteroatoms. The first-order valence-corrected chi connectivity index (χ1v) is 6.58. The van der Waals surface area contributed by atoms with E-state index in [-0.39, 0.29) is 11.8 Å². The van der Waals surface area contributed by atoms with Crippen molar-refractivity contribution in [3.8, 4) is 11.8 Å². The predicted molar refractivity (Wildman–Crippen MR) is 76.1 cm³/mol. The number of hydrogen-bond acceptors (Lipinski definition) is 3. The Morgan fingerprint density at radius 2 is 1.82 bits per heavy atom. The highest BCUT2D eigenvalue weighted by molar-refractivity contribution is 6.35. The van der Waals surface area contributed by atoms with Gasteiger partial charge in [-0.15, -0.1) is 0 Å². The first-order valence-electron chi connectivity index (χ1n) is 6.20. The summed E-state index contributed by atoms with van der Waals surface area (Å²) in [5.74, 6) is -0.0684. The van der Waals surface area contributed by atoms with Crippen LogP contribution in [0.1, 0.15) is 5.56 Å². The Morgan fingerprint density at radius 3 is 2.59 bits per heavy atom. The van der Waals surface area contributed by atoms with Crippen LogP contribution < -0.4 is 4.74 Å². The maximum atomic E-state index is 12.7. The minimum atomic E-state index is -4.46. The molecular formula is C15H8ClF3N2O. The molecule has 0 saturated carbocycles. The maximum Gasteiger partial charge on any atom is 0.416 e. The number of fused-ring (bicyclic) bond motifs is 1. The minimum Gasteiger partial charge on any atom is -0.421 e. The lowest BCUT2D eigenvalue weighted by atomic mass is 10.2. The van der Waals surface area contributed by atoms with Gasteiger partial charge in [-0.3, -0.25) is 0 Å². The third kappa shape index (κ3) is 2.96. The number of hydrogen-bond donors (Lipinski definition) is 0. The van der Waals surface area contributed by atoms with E-state index in [0.29, 0.717) is 10.5 Å². The van der Waals surface area contributed by atoms with Gasteiger partial charge < -0.3 is 4.74 Å². The Kier molecular flexibility index (Phi) is 3.62. The lowest BCUT2D eigenvalue weighted by Gasteiger charge is -2.09. The van der Waals surface area contributed by atoms with E-state index < -0.39 is 11.7 Å². The number of halogens is 4. The topological polar surface area (TPSA) is 35.0 Å². The van der Waals surface area contributed by atoms with Crippen LogP contribution in [0, 0.1) is 0 Å². The zero-order valence-corrected chi connectivity index (χ0v) is 11.7. The van der Waals surface area contributed by atoms with Gasteiger partial charge in [0.05, 0.1) is 16.1 Å². The number of para-hydroxylation sites is 1. The SMILES string of the molecule is FC(F)(F)c1ccnc(Oc2ccc3cccc(Cl)c3n2)c1. The van der Waals surface area contributed by atoms with Crippen LogP contribution in [0.25, 0.3) is 10.9 Å². The van der Waals surface area contributed by atoms with Gasteiger partial charge in [-0.2, -0.15) is 13.2 Å². The fraction of sp³-hybridized carbons (Fsp3) is 0.0667. The van der Waals surface area contributed by atoms with E-state index in [4.69, 9.17) is 16.3 Å². The van der Waals surface area contributed by atoms with Gasteiger partial charge in [0.1, 0.15) is 0 Å². The van der Waals surface area contributed by atoms with Crippen molar-refractivity contribution < 1.29 is 17.9 Å². The summed E-state index contributed by atoms with van der Waals surface area (Å²) in [7, 11) is 0. The second kappa shape index (κ2) is 5.46. The summed E-state index contributed by atoms with van der Waals surface area (Å²) in [4.78, 5) is 7.94. The van der Waals surface area contributed by atoms with Crippen molar-refractivity contribution >= 4 is 22.5 Å². The largest absolute Gasteiger partial charge is 0.421 e. The van der Waals surface area contributed by atoms with Gasteiger partial charge in [-0.05, 0) is 18.2 Å². The van der Waals surface area contributed by atoms with Gasteiger partial charge in [0, 0.05) is 23.7 Å². The molecule has 0 aliphatic rings. The van der Waals surface area contributed by atoms with Gasteiger partial charge in [-0.25, -0.2) is 9.97 Å². The molecular weight excluding hydrogens is 317 g/mol. The summed E-state index contributed by atoms with van der Waals surface area (Å²) in [6.45, 7) is 0. The highest BCUT2D eigenvalue weighted by Crippen LogP contribution is 2.32. The van der Waals surface area contributed by atoms with Gasteiger partial charge in [0.15, 0.2) is 0 Å². The van der Waals surface area contributed by atoms with Crippen molar-refractivity contribution in [1.29, 1.82) is 0 Å². The normalized spacial score (nSPS) is 11.6. The van der Waals surface area contributed by atoms with Crippen LogP contribution in [-0.2, 0) is 6.18 Å². The van der Waals surface area contributed by atoms with Crippen molar-refractivity contribution in [2.75, 3.05) is 0 Å². The van der Waals surface area contributed by atoms with Crippen LogP contribution in [0.2, 0.25) is 5.02 Å². The lowest BCUT2D eigenvalue weighted by molar-refractivity contribution is -0.137. The van der Waals surface area contributed by atoms with Crippen molar-refractivity contribution in [1.82, 2.24) is 9.97 Å². The van der Waals surface area contributed by atoms with Crippen molar-refractivity contribution in [2.45, 2.75) is 6.18 Å². The van der Waals surface area contributed by atoms with E-state index in [1.54, 1.807) is 24.3 Å². The predicted octanol–water partition coefficient (Wildman–Crippen LogP) is 5.09. The molecule has 2 aromatic heterocycles. The van der Waals surface area contributed by atoms with Crippen LogP contribution >= 0.6 is 11.6 Å². The van der Waals surface area contributed by atoms with Crippen LogP contribution in [0.5, 0.6) is 11.8 Å². The van der Waals surface area contributed by atoms with E-state index in [0.717, 1.165) is 23.7 Å². The molecule has 0 saturated heterocycles. The molecule has 112 valence electrons.